The first kappa shape index (κ1) is 20.3. The van der Waals surface area contributed by atoms with Crippen molar-refractivity contribution < 1.29 is 28.7 Å². The van der Waals surface area contributed by atoms with Crippen LogP contribution in [0, 0.1) is 0 Å². The highest BCUT2D eigenvalue weighted by Gasteiger charge is 2.32. The van der Waals surface area contributed by atoms with E-state index in [-0.39, 0.29) is 0 Å². The average molecular weight is 470 g/mol. The van der Waals surface area contributed by atoms with E-state index in [1.165, 1.54) is 0 Å². The highest BCUT2D eigenvalue weighted by atomic mass is 16.5. The van der Waals surface area contributed by atoms with Gasteiger partial charge in [0.1, 0.15) is 23.0 Å². The van der Waals surface area contributed by atoms with E-state index in [0.29, 0.717) is 66.8 Å². The molecule has 0 fully saturated rings. The van der Waals surface area contributed by atoms with Gasteiger partial charge >= 0.3 is 0 Å². The summed E-state index contributed by atoms with van der Waals surface area (Å²) in [7, 11) is 0. The van der Waals surface area contributed by atoms with Gasteiger partial charge in [-0.05, 0) is 36.4 Å². The lowest BCUT2D eigenvalue weighted by Gasteiger charge is -2.13. The quantitative estimate of drug-likeness (QED) is 0.285. The fraction of sp³-hybridized carbons (Fsp3) is 0. The van der Waals surface area contributed by atoms with Crippen molar-refractivity contribution in [2.45, 2.75) is 0 Å². The number of carbonyl (C=O) groups excluding carboxylic acids is 4. The van der Waals surface area contributed by atoms with Crippen LogP contribution in [-0.4, -0.2) is 23.1 Å². The van der Waals surface area contributed by atoms with E-state index in [9.17, 15) is 19.2 Å². The third-order valence-corrected chi connectivity index (χ3v) is 6.65. The molecule has 0 aliphatic heterocycles. The summed E-state index contributed by atoms with van der Waals surface area (Å²) in [6.07, 6.45) is 0. The Hall–Kier alpha value is -5.10. The summed E-state index contributed by atoms with van der Waals surface area (Å²) in [5.74, 6) is 0.0122. The summed E-state index contributed by atoms with van der Waals surface area (Å²) < 4.78 is 12.3. The topological polar surface area (TPSA) is 86.7 Å². The van der Waals surface area contributed by atoms with E-state index in [1.807, 2.05) is 12.1 Å². The minimum absolute atomic E-state index is 0.388. The van der Waals surface area contributed by atoms with Crippen molar-refractivity contribution in [3.8, 4) is 23.0 Å². The molecule has 0 radical (unpaired) electrons. The number of Topliss-reactive ketones (excluding diaryl/α,β-unsaturated/α-hetero) is 4. The first-order valence-electron chi connectivity index (χ1n) is 11.3. The van der Waals surface area contributed by atoms with Crippen molar-refractivity contribution in [2.24, 2.45) is 0 Å². The lowest BCUT2D eigenvalue weighted by Crippen LogP contribution is -2.05. The summed E-state index contributed by atoms with van der Waals surface area (Å²) >= 11 is 0. The van der Waals surface area contributed by atoms with Gasteiger partial charge in [-0.25, -0.2) is 0 Å². The normalized spacial score (nSPS) is 13.8. The summed E-state index contributed by atoms with van der Waals surface area (Å²) in [6, 6.07) is 24.1. The molecule has 2 aliphatic carbocycles. The monoisotopic (exact) mass is 470 g/mol. The van der Waals surface area contributed by atoms with Gasteiger partial charge in [0.15, 0.2) is 0 Å². The summed E-state index contributed by atoms with van der Waals surface area (Å²) in [6.45, 7) is 0. The van der Waals surface area contributed by atoms with Crippen molar-refractivity contribution in [1.82, 2.24) is 0 Å². The van der Waals surface area contributed by atoms with Gasteiger partial charge in [0, 0.05) is 49.9 Å². The van der Waals surface area contributed by atoms with E-state index in [0.717, 1.165) is 0 Å². The van der Waals surface area contributed by atoms with Gasteiger partial charge < -0.3 is 9.47 Å². The zero-order valence-corrected chi connectivity index (χ0v) is 18.5. The number of benzene rings is 5. The summed E-state index contributed by atoms with van der Waals surface area (Å²) in [5, 5.41) is 2.57. The van der Waals surface area contributed by atoms with Gasteiger partial charge in [-0.3, -0.25) is 19.2 Å². The first-order valence-corrected chi connectivity index (χ1v) is 11.3. The Kier molecular flexibility index (Phi) is 4.06. The molecular formula is C30H14O6. The van der Waals surface area contributed by atoms with Crippen molar-refractivity contribution in [1.29, 1.82) is 0 Å². The van der Waals surface area contributed by atoms with Gasteiger partial charge in [-0.15, -0.1) is 0 Å². The number of carbonyl (C=O) groups is 4. The van der Waals surface area contributed by atoms with Crippen LogP contribution in [0.2, 0.25) is 0 Å². The lowest BCUT2D eigenvalue weighted by atomic mass is 10.0. The largest absolute Gasteiger partial charge is 0.457 e. The molecule has 6 nitrogen and oxygen atoms in total. The van der Waals surface area contributed by atoms with Gasteiger partial charge in [0.05, 0.1) is 0 Å². The maximum Gasteiger partial charge on any atom is 0.234 e. The summed E-state index contributed by atoms with van der Waals surface area (Å²) in [4.78, 5) is 49.2. The highest BCUT2D eigenvalue weighted by molar-refractivity contribution is 6.58. The molecule has 0 heterocycles. The van der Waals surface area contributed by atoms with Crippen LogP contribution in [0.3, 0.4) is 0 Å². The van der Waals surface area contributed by atoms with Crippen LogP contribution in [0.4, 0.5) is 0 Å². The molecule has 0 N–H and O–H groups in total. The standard InChI is InChI=1S/C30H14O6/c31-27-19-8-2-6-17-23(12-10-21(25(17)19)29(27)33)35-15-4-1-5-16(14-15)36-24-13-11-22-26-18(24)7-3-9-20(26)28(32)30(22)34/h1-14H. The van der Waals surface area contributed by atoms with Crippen LogP contribution < -0.4 is 9.47 Å². The molecule has 0 saturated carbocycles. The van der Waals surface area contributed by atoms with Crippen LogP contribution in [-0.2, 0) is 0 Å². The van der Waals surface area contributed by atoms with E-state index in [2.05, 4.69) is 0 Å². The minimum Gasteiger partial charge on any atom is -0.457 e. The molecule has 170 valence electrons. The highest BCUT2D eigenvalue weighted by Crippen LogP contribution is 2.40. The number of hydrogen-bond donors (Lipinski definition) is 0. The fourth-order valence-electron chi connectivity index (χ4n) is 5.04. The maximum atomic E-state index is 12.3. The van der Waals surface area contributed by atoms with Crippen LogP contribution in [0.25, 0.3) is 21.5 Å². The van der Waals surface area contributed by atoms with E-state index >= 15 is 0 Å². The van der Waals surface area contributed by atoms with E-state index in [4.69, 9.17) is 9.47 Å². The van der Waals surface area contributed by atoms with Gasteiger partial charge in [0.2, 0.25) is 23.1 Å². The zero-order chi connectivity index (χ0) is 24.6. The van der Waals surface area contributed by atoms with Crippen molar-refractivity contribution in [2.75, 3.05) is 0 Å². The Morgan fingerprint density at radius 3 is 1.25 bits per heavy atom. The molecule has 5 aromatic rings. The Labute approximate surface area is 203 Å². The molecule has 0 atom stereocenters. The molecule has 0 saturated heterocycles. The molecule has 2 aliphatic rings. The molecule has 0 bridgehead atoms. The van der Waals surface area contributed by atoms with Crippen LogP contribution in [0.5, 0.6) is 23.0 Å². The van der Waals surface area contributed by atoms with Crippen molar-refractivity contribution >= 4 is 44.7 Å². The van der Waals surface area contributed by atoms with Gasteiger partial charge in [0.25, 0.3) is 0 Å². The van der Waals surface area contributed by atoms with Crippen LogP contribution in [0.15, 0.2) is 84.9 Å². The van der Waals surface area contributed by atoms with Gasteiger partial charge in [-0.2, -0.15) is 0 Å². The molecule has 0 amide bonds. The Morgan fingerprint density at radius 1 is 0.417 bits per heavy atom. The zero-order valence-electron chi connectivity index (χ0n) is 18.5. The Bertz CT molecular complexity index is 1690. The maximum absolute atomic E-state index is 12.3. The second-order valence-corrected chi connectivity index (χ2v) is 8.67. The van der Waals surface area contributed by atoms with Crippen LogP contribution >= 0.6 is 0 Å². The Balaban J connectivity index is 1.25. The second kappa shape index (κ2) is 7.20. The van der Waals surface area contributed by atoms with Crippen LogP contribution in [0.1, 0.15) is 41.4 Å². The first-order chi connectivity index (χ1) is 17.5. The molecule has 0 unspecified atom stereocenters. The van der Waals surface area contributed by atoms with Crippen molar-refractivity contribution in [3.63, 3.8) is 0 Å². The SMILES string of the molecule is O=C1C(=O)c2ccc(Oc3cccc(Oc4ccc5c6c(cccc46)C(=O)C5=O)c3)c3cccc1c23. The average Bonchev–Trinajstić information content (AvgIpc) is 3.30. The molecule has 0 spiro atoms. The number of hydrogen-bond acceptors (Lipinski definition) is 6. The number of rotatable bonds is 4. The number of ketones is 4. The minimum atomic E-state index is -0.503. The smallest absolute Gasteiger partial charge is 0.234 e. The predicted octanol–water partition coefficient (Wildman–Crippen LogP) is 6.34. The van der Waals surface area contributed by atoms with Crippen molar-refractivity contribution in [3.05, 3.63) is 107 Å². The third-order valence-electron chi connectivity index (χ3n) is 6.65. The fourth-order valence-corrected chi connectivity index (χ4v) is 5.04. The van der Waals surface area contributed by atoms with Gasteiger partial charge in [-0.1, -0.05) is 42.5 Å². The molecule has 6 heteroatoms. The van der Waals surface area contributed by atoms with E-state index < -0.39 is 23.1 Å². The summed E-state index contributed by atoms with van der Waals surface area (Å²) in [5.41, 5.74) is 1.55. The molecule has 5 aromatic carbocycles. The lowest BCUT2D eigenvalue weighted by molar-refractivity contribution is 0.0825. The molecule has 7 rings (SSSR count). The molecule has 0 aromatic heterocycles. The second-order valence-electron chi connectivity index (χ2n) is 8.67. The predicted molar refractivity (Wildman–Crippen MR) is 132 cm³/mol. The molecule has 36 heavy (non-hydrogen) atoms. The molecular weight excluding hydrogens is 456 g/mol. The third kappa shape index (κ3) is 2.72. The Morgan fingerprint density at radius 2 is 0.806 bits per heavy atom. The van der Waals surface area contributed by atoms with E-state index in [1.54, 1.807) is 72.8 Å². The number of ether oxygens (including phenoxy) is 2.